The molecule has 18 heteroatoms. The van der Waals surface area contributed by atoms with Crippen LogP contribution in [0.15, 0.2) is 122 Å². The van der Waals surface area contributed by atoms with Gasteiger partial charge in [0.2, 0.25) is 0 Å². The van der Waals surface area contributed by atoms with Crippen molar-refractivity contribution in [1.29, 1.82) is 0 Å². The van der Waals surface area contributed by atoms with Gasteiger partial charge in [-0.05, 0) is 80.8 Å². The third-order valence-corrected chi connectivity index (χ3v) is 15.2. The first-order valence-electron chi connectivity index (χ1n) is 24.1. The molecular formula is C54H67N6O10PS. The number of rotatable bonds is 25. The number of benzene rings is 4. The molecule has 1 aliphatic rings. The first-order chi connectivity index (χ1) is 34.7. The zero-order valence-corrected chi connectivity index (χ0v) is 44.3. The Morgan fingerprint density at radius 2 is 1.40 bits per heavy atom. The summed E-state index contributed by atoms with van der Waals surface area (Å²) in [6, 6.07) is 35.1. The highest BCUT2D eigenvalue weighted by Crippen LogP contribution is 2.51. The van der Waals surface area contributed by atoms with Crippen molar-refractivity contribution < 1.29 is 47.1 Å². The van der Waals surface area contributed by atoms with Crippen molar-refractivity contribution in [3.63, 3.8) is 0 Å². The molecule has 72 heavy (non-hydrogen) atoms. The number of anilines is 1. The number of amides is 1. The van der Waals surface area contributed by atoms with Crippen molar-refractivity contribution >= 4 is 48.3 Å². The van der Waals surface area contributed by atoms with Gasteiger partial charge in [-0.1, -0.05) is 105 Å². The molecule has 1 fully saturated rings. The van der Waals surface area contributed by atoms with Gasteiger partial charge in [-0.15, -0.1) is 0 Å². The van der Waals surface area contributed by atoms with Gasteiger partial charge in [-0.25, -0.2) is 19.6 Å². The molecular weight excluding hydrogens is 956 g/mol. The van der Waals surface area contributed by atoms with E-state index >= 15 is 0 Å². The molecule has 4 aromatic carbocycles. The van der Waals surface area contributed by atoms with Gasteiger partial charge in [0.1, 0.15) is 41.5 Å². The van der Waals surface area contributed by atoms with Crippen molar-refractivity contribution in [3.05, 3.63) is 139 Å². The average Bonchev–Trinajstić information content (AvgIpc) is 4.00. The summed E-state index contributed by atoms with van der Waals surface area (Å²) in [5, 5.41) is 2.97. The lowest BCUT2D eigenvalue weighted by molar-refractivity contribution is -0.118. The number of imidazole rings is 1. The van der Waals surface area contributed by atoms with E-state index in [9.17, 15) is 9.59 Å². The largest absolute Gasteiger partial charge is 0.497 e. The number of hydrogen-bond donors (Lipinski definition) is 1. The van der Waals surface area contributed by atoms with Crippen LogP contribution in [0.25, 0.3) is 11.2 Å². The lowest BCUT2D eigenvalue weighted by Crippen LogP contribution is -2.39. The van der Waals surface area contributed by atoms with Crippen molar-refractivity contribution in [1.82, 2.24) is 24.2 Å². The molecule has 1 aliphatic heterocycles. The maximum absolute atomic E-state index is 13.1. The summed E-state index contributed by atoms with van der Waals surface area (Å²) in [5.74, 6) is 2.37. The number of carbonyl (C=O) groups is 2. The summed E-state index contributed by atoms with van der Waals surface area (Å²) in [5.41, 5.74) is 1.89. The van der Waals surface area contributed by atoms with Crippen LogP contribution in [0.1, 0.15) is 77.8 Å². The van der Waals surface area contributed by atoms with Crippen molar-refractivity contribution in [3.8, 4) is 17.2 Å². The van der Waals surface area contributed by atoms with Crippen LogP contribution in [-0.4, -0.2) is 113 Å². The molecule has 0 aliphatic carbocycles. The number of methoxy groups -OCH3 is 2. The molecule has 0 saturated carbocycles. The van der Waals surface area contributed by atoms with Gasteiger partial charge in [0.15, 0.2) is 28.7 Å². The molecule has 384 valence electrons. The summed E-state index contributed by atoms with van der Waals surface area (Å²) >= 11 is 1.28. The van der Waals surface area contributed by atoms with Crippen LogP contribution in [0.2, 0.25) is 0 Å². The average molecular weight is 1020 g/mol. The molecule has 0 bridgehead atoms. The highest BCUT2D eigenvalue weighted by atomic mass is 32.2. The molecule has 6 aromatic rings. The lowest BCUT2D eigenvalue weighted by Gasteiger charge is -2.39. The highest BCUT2D eigenvalue weighted by molar-refractivity contribution is 8.13. The fraction of sp³-hybridized carbons (Fsp3) is 0.426. The Balaban J connectivity index is 1.21. The van der Waals surface area contributed by atoms with Crippen LogP contribution in [0.5, 0.6) is 17.2 Å². The minimum Gasteiger partial charge on any atom is -0.497 e. The maximum atomic E-state index is 13.1. The molecule has 3 heterocycles. The number of fused-ring (bicyclic) bond motifs is 1. The second-order valence-electron chi connectivity index (χ2n) is 18.7. The molecule has 1 amide bonds. The van der Waals surface area contributed by atoms with Crippen molar-refractivity contribution in [2.24, 2.45) is 5.41 Å². The standard InChI is InChI=1S/C54H67N6O10PS/c1-37(2)60(38(3)4)71(68-29-28-65-30-31-72-52(62)53(5,6)7)70-45-32-48(59-36-57-49-50(55-35-56-51(49)59)58-47(61)34-66-44-18-14-11-15-19-44)69-46(45)33-67-54(39-16-12-10-13-17-39,40-20-24-42(63-8)25-21-40)41-22-26-43(64-9)27-23-41/h10-27,35-38,45-46,48H,28-34H2,1-9H3,(H,55,56,58,61)/t45-,46?,48?,71?/m1/s1. The molecule has 2 aromatic heterocycles. The molecule has 1 saturated heterocycles. The third-order valence-electron chi connectivity index (χ3n) is 11.8. The van der Waals surface area contributed by atoms with Crippen LogP contribution in [-0.2, 0) is 38.4 Å². The summed E-state index contributed by atoms with van der Waals surface area (Å²) < 4.78 is 55.3. The number of carbonyl (C=O) groups excluding carboxylic acids is 2. The van der Waals surface area contributed by atoms with Gasteiger partial charge in [0.05, 0.1) is 53.1 Å². The molecule has 4 atom stereocenters. The zero-order chi connectivity index (χ0) is 51.3. The molecule has 1 N–H and O–H groups in total. The van der Waals surface area contributed by atoms with E-state index in [1.807, 2.05) is 110 Å². The Kier molecular flexibility index (Phi) is 19.2. The lowest BCUT2D eigenvalue weighted by atomic mass is 9.80. The molecule has 3 unspecified atom stereocenters. The van der Waals surface area contributed by atoms with E-state index in [0.29, 0.717) is 53.8 Å². The number of hydrogen-bond acceptors (Lipinski definition) is 15. The number of nitrogens with zero attached hydrogens (tertiary/aromatic N) is 5. The van der Waals surface area contributed by atoms with Crippen LogP contribution >= 0.6 is 20.3 Å². The SMILES string of the molecule is COc1ccc(C(OCC2OC(n3cnc4c(NC(=O)COc5ccccc5)ncnc43)C[C@H]2OP(OCCOCCSC(=O)C(C)(C)C)N(C(C)C)C(C)C)(c2ccccc2)c2ccc(OC)cc2)cc1. The molecule has 0 spiro atoms. The molecule has 7 rings (SSSR count). The van der Waals surface area contributed by atoms with Crippen LogP contribution in [0, 0.1) is 5.41 Å². The van der Waals surface area contributed by atoms with Gasteiger partial charge in [0.25, 0.3) is 14.4 Å². The van der Waals surface area contributed by atoms with E-state index in [4.69, 9.17) is 42.5 Å². The number of aromatic nitrogens is 4. The summed E-state index contributed by atoms with van der Waals surface area (Å²) in [6.45, 7) is 15.1. The fourth-order valence-corrected chi connectivity index (χ4v) is 10.9. The number of thioether (sulfide) groups is 1. The summed E-state index contributed by atoms with van der Waals surface area (Å²) in [4.78, 5) is 39.3. The van der Waals surface area contributed by atoms with Gasteiger partial charge in [-0.3, -0.25) is 14.2 Å². The molecule has 16 nitrogen and oxygen atoms in total. The zero-order valence-electron chi connectivity index (χ0n) is 42.6. The van der Waals surface area contributed by atoms with Crippen molar-refractivity contribution in [2.45, 2.75) is 91.0 Å². The van der Waals surface area contributed by atoms with Crippen LogP contribution in [0.4, 0.5) is 5.82 Å². The number of nitrogens with one attached hydrogen (secondary N) is 1. The van der Waals surface area contributed by atoms with Gasteiger partial charge < -0.3 is 42.8 Å². The highest BCUT2D eigenvalue weighted by Gasteiger charge is 2.45. The predicted molar refractivity (Wildman–Crippen MR) is 280 cm³/mol. The minimum absolute atomic E-state index is 0.0570. The van der Waals surface area contributed by atoms with Gasteiger partial charge in [0, 0.05) is 29.7 Å². The summed E-state index contributed by atoms with van der Waals surface area (Å²) in [7, 11) is 1.59. The van der Waals surface area contributed by atoms with Crippen LogP contribution < -0.4 is 19.5 Å². The third kappa shape index (κ3) is 13.6. The van der Waals surface area contributed by atoms with Crippen LogP contribution in [0.3, 0.4) is 0 Å². The predicted octanol–water partition coefficient (Wildman–Crippen LogP) is 10.2. The maximum Gasteiger partial charge on any atom is 0.263 e. The Morgan fingerprint density at radius 3 is 2.00 bits per heavy atom. The Hall–Kier alpha value is -5.49. The Bertz CT molecular complexity index is 2580. The van der Waals surface area contributed by atoms with Crippen molar-refractivity contribution in [2.75, 3.05) is 58.3 Å². The van der Waals surface area contributed by atoms with Gasteiger partial charge >= 0.3 is 0 Å². The minimum atomic E-state index is -1.70. The summed E-state index contributed by atoms with van der Waals surface area (Å²) in [6.07, 6.45) is 1.52. The number of para-hydroxylation sites is 1. The normalized spacial score (nSPS) is 16.6. The van der Waals surface area contributed by atoms with E-state index in [0.717, 1.165) is 16.7 Å². The van der Waals surface area contributed by atoms with E-state index in [2.05, 4.69) is 59.8 Å². The second-order valence-corrected chi connectivity index (χ2v) is 21.1. The van der Waals surface area contributed by atoms with E-state index < -0.39 is 43.9 Å². The quantitative estimate of drug-likeness (QED) is 0.0327. The topological polar surface area (TPSA) is 167 Å². The van der Waals surface area contributed by atoms with Gasteiger partial charge in [-0.2, -0.15) is 0 Å². The second kappa shape index (κ2) is 25.4. The monoisotopic (exact) mass is 1020 g/mol. The Morgan fingerprint density at radius 1 is 0.792 bits per heavy atom. The first-order valence-corrected chi connectivity index (χ1v) is 26.3. The van der Waals surface area contributed by atoms with E-state index in [1.165, 1.54) is 18.1 Å². The van der Waals surface area contributed by atoms with E-state index in [1.54, 1.807) is 32.7 Å². The number of ether oxygens (including phenoxy) is 6. The fourth-order valence-electron chi connectivity index (χ4n) is 8.33. The molecule has 0 radical (unpaired) electrons. The van der Waals surface area contributed by atoms with E-state index in [-0.39, 0.29) is 42.8 Å². The Labute approximate surface area is 428 Å². The first kappa shape index (κ1) is 54.3. The smallest absolute Gasteiger partial charge is 0.263 e.